The van der Waals surface area contributed by atoms with Crippen molar-refractivity contribution >= 4 is 65.4 Å². The average molecular weight is 725 g/mol. The number of aromatic nitrogens is 3. The summed E-state index contributed by atoms with van der Waals surface area (Å²) in [6.07, 6.45) is 0. The minimum atomic E-state index is 0.430. The minimum absolute atomic E-state index is 0.430. The minimum Gasteiger partial charge on any atom is -0.309 e. The van der Waals surface area contributed by atoms with Gasteiger partial charge in [-0.15, -0.1) is 0 Å². The summed E-state index contributed by atoms with van der Waals surface area (Å²) in [6, 6.07) is 64.8. The fourth-order valence-corrected chi connectivity index (χ4v) is 8.94. The van der Waals surface area contributed by atoms with Crippen molar-refractivity contribution in [1.29, 1.82) is 15.8 Å². The van der Waals surface area contributed by atoms with E-state index in [-0.39, 0.29) is 0 Å². The molecule has 6 heteroatoms. The number of nitrogens with zero attached hydrogens (tertiary/aromatic N) is 6. The van der Waals surface area contributed by atoms with E-state index in [4.69, 9.17) is 0 Å². The normalized spacial score (nSPS) is 11.5. The van der Waals surface area contributed by atoms with E-state index < -0.39 is 0 Å². The summed E-state index contributed by atoms with van der Waals surface area (Å²) in [7, 11) is 0. The van der Waals surface area contributed by atoms with Crippen LogP contribution >= 0.6 is 0 Å². The summed E-state index contributed by atoms with van der Waals surface area (Å²) < 4.78 is 6.63. The first-order chi connectivity index (χ1) is 28.2. The average Bonchev–Trinajstić information content (AvgIpc) is 3.91. The summed E-state index contributed by atoms with van der Waals surface area (Å²) >= 11 is 0. The molecule has 57 heavy (non-hydrogen) atoms. The molecule has 11 aromatic rings. The lowest BCUT2D eigenvalue weighted by molar-refractivity contribution is 1.16. The molecule has 3 aromatic heterocycles. The van der Waals surface area contributed by atoms with Crippen molar-refractivity contribution in [2.45, 2.75) is 0 Å². The van der Waals surface area contributed by atoms with Crippen molar-refractivity contribution in [3.05, 3.63) is 187 Å². The van der Waals surface area contributed by atoms with Crippen molar-refractivity contribution in [3.63, 3.8) is 0 Å². The van der Waals surface area contributed by atoms with Crippen molar-refractivity contribution in [1.82, 2.24) is 13.7 Å². The third-order valence-corrected chi connectivity index (χ3v) is 11.4. The number of benzene rings is 8. The molecule has 0 fully saturated rings. The molecule has 0 unspecified atom stereocenters. The molecule has 262 valence electrons. The molecule has 8 aromatic carbocycles. The molecule has 6 nitrogen and oxygen atoms in total. The van der Waals surface area contributed by atoms with E-state index in [0.29, 0.717) is 27.9 Å². The first-order valence-corrected chi connectivity index (χ1v) is 18.7. The summed E-state index contributed by atoms with van der Waals surface area (Å²) in [4.78, 5) is 0. The maximum absolute atomic E-state index is 10.5. The van der Waals surface area contributed by atoms with Gasteiger partial charge in [-0.25, -0.2) is 0 Å². The van der Waals surface area contributed by atoms with Gasteiger partial charge in [-0.3, -0.25) is 0 Å². The Morgan fingerprint density at radius 1 is 0.333 bits per heavy atom. The van der Waals surface area contributed by atoms with Gasteiger partial charge in [-0.05, 0) is 84.4 Å². The SMILES string of the molecule is N#Cc1cc(-n2c3ccccc3c3c(C#N)cccc32)c(C#N)cc1-c1ccc(-n2c3ccccc3c3cc(-n4c5ccccc5c5ccccc54)ccc32)cc1. The van der Waals surface area contributed by atoms with Crippen LogP contribution in [0.4, 0.5) is 0 Å². The van der Waals surface area contributed by atoms with Crippen LogP contribution in [0.5, 0.6) is 0 Å². The molecular weight excluding hydrogens is 697 g/mol. The maximum Gasteiger partial charge on any atom is 0.101 e. The van der Waals surface area contributed by atoms with Gasteiger partial charge >= 0.3 is 0 Å². The Morgan fingerprint density at radius 3 is 1.44 bits per heavy atom. The van der Waals surface area contributed by atoms with E-state index in [1.807, 2.05) is 59.2 Å². The Morgan fingerprint density at radius 2 is 0.825 bits per heavy atom. The third kappa shape index (κ3) is 4.61. The van der Waals surface area contributed by atoms with Crippen LogP contribution in [0.1, 0.15) is 16.7 Å². The number of para-hydroxylation sites is 4. The molecule has 3 heterocycles. The predicted octanol–water partition coefficient (Wildman–Crippen LogP) is 12.3. The fourth-order valence-electron chi connectivity index (χ4n) is 8.94. The second-order valence-electron chi connectivity index (χ2n) is 14.3. The lowest BCUT2D eigenvalue weighted by Gasteiger charge is -2.14. The Balaban J connectivity index is 1.04. The van der Waals surface area contributed by atoms with E-state index in [2.05, 4.69) is 130 Å². The first-order valence-electron chi connectivity index (χ1n) is 18.7. The fraction of sp³-hybridized carbons (Fsp3) is 0. The molecule has 0 aliphatic carbocycles. The highest BCUT2D eigenvalue weighted by atomic mass is 15.0. The van der Waals surface area contributed by atoms with Crippen LogP contribution < -0.4 is 0 Å². The Labute approximate surface area is 326 Å². The lowest BCUT2D eigenvalue weighted by atomic mass is 9.96. The molecule has 0 amide bonds. The van der Waals surface area contributed by atoms with Crippen LogP contribution in [0.25, 0.3) is 93.6 Å². The molecule has 0 aliphatic heterocycles. The predicted molar refractivity (Wildman–Crippen MR) is 229 cm³/mol. The van der Waals surface area contributed by atoms with E-state index in [1.165, 1.54) is 21.8 Å². The van der Waals surface area contributed by atoms with E-state index in [1.54, 1.807) is 12.1 Å². The second kappa shape index (κ2) is 12.3. The quantitative estimate of drug-likeness (QED) is 0.181. The van der Waals surface area contributed by atoms with Crippen molar-refractivity contribution in [3.8, 4) is 46.4 Å². The van der Waals surface area contributed by atoms with Crippen LogP contribution in [0, 0.1) is 34.0 Å². The maximum atomic E-state index is 10.5. The van der Waals surface area contributed by atoms with Gasteiger partial charge in [0, 0.05) is 49.3 Å². The van der Waals surface area contributed by atoms with Gasteiger partial charge in [0.15, 0.2) is 0 Å². The molecule has 0 radical (unpaired) electrons. The largest absolute Gasteiger partial charge is 0.309 e. The molecule has 11 rings (SSSR count). The highest BCUT2D eigenvalue weighted by Crippen LogP contribution is 2.39. The Hall–Kier alpha value is -8.37. The summed E-state index contributed by atoms with van der Waals surface area (Å²) in [5.74, 6) is 0. The van der Waals surface area contributed by atoms with Gasteiger partial charge in [-0.2, -0.15) is 15.8 Å². The first kappa shape index (κ1) is 32.1. The lowest BCUT2D eigenvalue weighted by Crippen LogP contribution is -2.00. The molecule has 0 spiro atoms. The molecule has 0 bridgehead atoms. The van der Waals surface area contributed by atoms with Gasteiger partial charge in [-0.1, -0.05) is 91.0 Å². The van der Waals surface area contributed by atoms with E-state index in [0.717, 1.165) is 60.5 Å². The monoisotopic (exact) mass is 724 g/mol. The summed E-state index contributed by atoms with van der Waals surface area (Å²) in [6.45, 7) is 0. The summed E-state index contributed by atoms with van der Waals surface area (Å²) in [5.41, 5.74) is 11.8. The van der Waals surface area contributed by atoms with Gasteiger partial charge in [0.05, 0.1) is 67.6 Å². The molecule has 0 atom stereocenters. The van der Waals surface area contributed by atoms with E-state index >= 15 is 0 Å². The van der Waals surface area contributed by atoms with Crippen molar-refractivity contribution in [2.75, 3.05) is 0 Å². The van der Waals surface area contributed by atoms with Crippen LogP contribution in [0.2, 0.25) is 0 Å². The zero-order valence-electron chi connectivity index (χ0n) is 30.3. The third-order valence-electron chi connectivity index (χ3n) is 11.4. The molecule has 0 saturated carbocycles. The number of fused-ring (bicyclic) bond motifs is 9. The molecule has 0 aliphatic rings. The van der Waals surface area contributed by atoms with Crippen LogP contribution in [-0.2, 0) is 0 Å². The number of rotatable bonds is 4. The van der Waals surface area contributed by atoms with Crippen LogP contribution in [-0.4, -0.2) is 13.7 Å². The van der Waals surface area contributed by atoms with Gasteiger partial charge < -0.3 is 13.7 Å². The molecule has 0 N–H and O–H groups in total. The van der Waals surface area contributed by atoms with Crippen LogP contribution in [0.15, 0.2) is 170 Å². The van der Waals surface area contributed by atoms with Gasteiger partial charge in [0.25, 0.3) is 0 Å². The number of hydrogen-bond acceptors (Lipinski definition) is 3. The van der Waals surface area contributed by atoms with Gasteiger partial charge in [0.1, 0.15) is 6.07 Å². The number of hydrogen-bond donors (Lipinski definition) is 0. The second-order valence-corrected chi connectivity index (χ2v) is 14.3. The zero-order chi connectivity index (χ0) is 38.2. The topological polar surface area (TPSA) is 86.2 Å². The Bertz CT molecular complexity index is 3560. The highest BCUT2D eigenvalue weighted by Gasteiger charge is 2.21. The zero-order valence-corrected chi connectivity index (χ0v) is 30.3. The van der Waals surface area contributed by atoms with Crippen LogP contribution in [0.3, 0.4) is 0 Å². The highest BCUT2D eigenvalue weighted by molar-refractivity contribution is 6.13. The smallest absolute Gasteiger partial charge is 0.101 e. The Kier molecular flexibility index (Phi) is 6.95. The standard InChI is InChI=1S/C51H28N6/c52-29-33-10-9-19-49-51(33)41-14-4-8-18-47(41)57(49)50-27-34(30-53)42(26-35(50)31-54)32-20-22-36(23-21-32)55-46-17-7-3-13-40(46)43-28-37(24-25-48(43)55)56-44-15-5-1-11-38(44)39-12-2-6-16-45(39)56/h1-28H. The molecule has 0 saturated heterocycles. The number of nitriles is 3. The summed E-state index contributed by atoms with van der Waals surface area (Å²) in [5, 5.41) is 37.6. The van der Waals surface area contributed by atoms with Crippen molar-refractivity contribution < 1.29 is 0 Å². The van der Waals surface area contributed by atoms with Gasteiger partial charge in [0.2, 0.25) is 0 Å². The molecular formula is C51H28N6. The van der Waals surface area contributed by atoms with Crippen molar-refractivity contribution in [2.24, 2.45) is 0 Å². The van der Waals surface area contributed by atoms with E-state index in [9.17, 15) is 15.8 Å².